The van der Waals surface area contributed by atoms with Crippen LogP contribution in [0.2, 0.25) is 0 Å². The van der Waals surface area contributed by atoms with Crippen molar-refractivity contribution in [3.8, 4) is 29.1 Å². The summed E-state index contributed by atoms with van der Waals surface area (Å²) in [7, 11) is 3.02. The average molecular weight is 657 g/mol. The Morgan fingerprint density at radius 1 is 1.19 bits per heavy atom. The van der Waals surface area contributed by atoms with Crippen LogP contribution in [0, 0.1) is 11.3 Å². The third-order valence-corrected chi connectivity index (χ3v) is 7.66. The Kier molecular flexibility index (Phi) is 9.75. The second-order valence-corrected chi connectivity index (χ2v) is 11.3. The van der Waals surface area contributed by atoms with Gasteiger partial charge < -0.3 is 23.7 Å². The smallest absolute Gasteiger partial charge is 0.338 e. The highest BCUT2D eigenvalue weighted by Gasteiger charge is 2.34. The normalized spacial score (nSPS) is 14.6. The minimum absolute atomic E-state index is 0.0849. The number of nitriles is 1. The number of methoxy groups -OCH3 is 2. The number of carbonyl (C=O) groups is 1. The molecule has 220 valence electrons. The molecule has 12 heteroatoms. The first-order chi connectivity index (χ1) is 20.1. The molecule has 0 saturated heterocycles. The molecular weight excluding hydrogens is 626 g/mol. The van der Waals surface area contributed by atoms with Crippen LogP contribution in [0.15, 0.2) is 55.9 Å². The molecule has 0 N–H and O–H groups in total. The largest absolute Gasteiger partial charge is 0.493 e. The van der Waals surface area contributed by atoms with Crippen molar-refractivity contribution in [1.82, 2.24) is 4.57 Å². The van der Waals surface area contributed by atoms with E-state index in [0.717, 1.165) is 0 Å². The Morgan fingerprint density at radius 2 is 1.93 bits per heavy atom. The average Bonchev–Trinajstić information content (AvgIpc) is 3.25. The van der Waals surface area contributed by atoms with Gasteiger partial charge in [0.15, 0.2) is 34.4 Å². The van der Waals surface area contributed by atoms with Gasteiger partial charge in [-0.3, -0.25) is 9.36 Å². The van der Waals surface area contributed by atoms with Gasteiger partial charge in [0.05, 0.1) is 48.8 Å². The summed E-state index contributed by atoms with van der Waals surface area (Å²) < 4.78 is 30.5. The lowest BCUT2D eigenvalue weighted by Gasteiger charge is -2.25. The van der Waals surface area contributed by atoms with Crippen molar-refractivity contribution in [2.75, 3.05) is 27.4 Å². The van der Waals surface area contributed by atoms with Crippen molar-refractivity contribution < 1.29 is 28.5 Å². The predicted molar refractivity (Wildman–Crippen MR) is 161 cm³/mol. The third-order valence-electron chi connectivity index (χ3n) is 6.22. The van der Waals surface area contributed by atoms with Crippen molar-refractivity contribution in [3.05, 3.63) is 76.9 Å². The number of rotatable bonds is 10. The molecule has 0 amide bonds. The molecule has 2 aromatic carbocycles. The van der Waals surface area contributed by atoms with Gasteiger partial charge in [-0.25, -0.2) is 9.79 Å². The number of aromatic nitrogens is 1. The Bertz CT molecular complexity index is 1770. The van der Waals surface area contributed by atoms with Gasteiger partial charge in [-0.1, -0.05) is 33.3 Å². The molecule has 4 rings (SSSR count). The lowest BCUT2D eigenvalue weighted by Crippen LogP contribution is -2.40. The molecule has 0 bridgehead atoms. The molecule has 0 aliphatic carbocycles. The van der Waals surface area contributed by atoms with E-state index in [4.69, 9.17) is 28.9 Å². The molecule has 2 heterocycles. The molecule has 0 spiro atoms. The molecule has 42 heavy (non-hydrogen) atoms. The molecule has 1 atom stereocenters. The summed E-state index contributed by atoms with van der Waals surface area (Å²) in [6.45, 7) is 7.21. The quantitative estimate of drug-likeness (QED) is 0.297. The maximum atomic E-state index is 14.1. The highest BCUT2D eigenvalue weighted by molar-refractivity contribution is 9.10. The van der Waals surface area contributed by atoms with E-state index in [0.29, 0.717) is 53.6 Å². The molecule has 0 fully saturated rings. The van der Waals surface area contributed by atoms with E-state index in [1.54, 1.807) is 50.3 Å². The summed E-state index contributed by atoms with van der Waals surface area (Å²) in [5, 5.41) is 9.09. The topological polar surface area (TPSA) is 121 Å². The molecule has 10 nitrogen and oxygen atoms in total. The number of fused-ring (bicyclic) bond motifs is 1. The summed E-state index contributed by atoms with van der Waals surface area (Å²) >= 11 is 4.64. The van der Waals surface area contributed by atoms with Crippen LogP contribution in [0.25, 0.3) is 6.08 Å². The Morgan fingerprint density at radius 3 is 2.57 bits per heavy atom. The Hall–Kier alpha value is -4.08. The van der Waals surface area contributed by atoms with E-state index >= 15 is 0 Å². The van der Waals surface area contributed by atoms with E-state index in [1.165, 1.54) is 30.1 Å². The number of allylic oxidation sites excluding steroid dienone is 1. The maximum Gasteiger partial charge on any atom is 0.338 e. The van der Waals surface area contributed by atoms with Gasteiger partial charge >= 0.3 is 5.97 Å². The second kappa shape index (κ2) is 13.3. The maximum absolute atomic E-state index is 14.1. The summed E-state index contributed by atoms with van der Waals surface area (Å²) in [4.78, 5) is 32.4. The minimum Gasteiger partial charge on any atom is -0.493 e. The minimum atomic E-state index is -0.837. The number of esters is 1. The van der Waals surface area contributed by atoms with Crippen LogP contribution in [0.4, 0.5) is 0 Å². The highest BCUT2D eigenvalue weighted by Crippen LogP contribution is 2.37. The first-order valence-electron chi connectivity index (χ1n) is 13.0. The zero-order valence-corrected chi connectivity index (χ0v) is 26.4. The number of ether oxygens (including phenoxy) is 5. The van der Waals surface area contributed by atoms with Gasteiger partial charge in [0, 0.05) is 10.0 Å². The monoisotopic (exact) mass is 655 g/mol. The summed E-state index contributed by atoms with van der Waals surface area (Å²) in [6, 6.07) is 9.90. The molecular formula is C30H30BrN3O7S. The molecule has 0 unspecified atom stereocenters. The van der Waals surface area contributed by atoms with Crippen LogP contribution in [0.5, 0.6) is 23.0 Å². The van der Waals surface area contributed by atoms with Gasteiger partial charge in [0.1, 0.15) is 6.07 Å². The number of nitrogens with zero attached hydrogens (tertiary/aromatic N) is 3. The van der Waals surface area contributed by atoms with Gasteiger partial charge in [-0.05, 0) is 63.6 Å². The molecule has 1 aliphatic rings. The van der Waals surface area contributed by atoms with Gasteiger partial charge in [0.2, 0.25) is 0 Å². The Balaban J connectivity index is 1.98. The van der Waals surface area contributed by atoms with Crippen LogP contribution in [-0.2, 0) is 9.53 Å². The van der Waals surface area contributed by atoms with Crippen LogP contribution >= 0.6 is 27.3 Å². The van der Waals surface area contributed by atoms with E-state index in [-0.39, 0.29) is 30.5 Å². The number of hydrogen-bond donors (Lipinski definition) is 0. The zero-order chi connectivity index (χ0) is 30.6. The first-order valence-corrected chi connectivity index (χ1v) is 14.7. The lowest BCUT2D eigenvalue weighted by molar-refractivity contribution is -0.139. The van der Waals surface area contributed by atoms with Crippen molar-refractivity contribution in [2.45, 2.75) is 39.8 Å². The van der Waals surface area contributed by atoms with E-state index in [1.807, 2.05) is 19.9 Å². The van der Waals surface area contributed by atoms with Crippen molar-refractivity contribution in [1.29, 1.82) is 5.26 Å². The van der Waals surface area contributed by atoms with Crippen LogP contribution in [0.1, 0.15) is 44.9 Å². The fourth-order valence-electron chi connectivity index (χ4n) is 4.56. The standard InChI is InChI=1S/C30H30BrN3O7S/c1-7-39-29(36)25-17(4)33-30-34(26(25)18-8-9-21(41-16(2)3)22(13-18)37-5)28(35)24(42-30)14-19-12-20(31)15-23(38-6)27(19)40-11-10-32/h8-9,12-16,26H,7,11H2,1-6H3/b24-14+/t26-/m0/s1. The third kappa shape index (κ3) is 6.22. The fourth-order valence-corrected chi connectivity index (χ4v) is 6.05. The second-order valence-electron chi connectivity index (χ2n) is 9.35. The van der Waals surface area contributed by atoms with Crippen LogP contribution in [-0.4, -0.2) is 44.1 Å². The summed E-state index contributed by atoms with van der Waals surface area (Å²) in [6.07, 6.45) is 1.57. The summed E-state index contributed by atoms with van der Waals surface area (Å²) in [5.74, 6) is 1.15. The number of hydrogen-bond acceptors (Lipinski definition) is 10. The highest BCUT2D eigenvalue weighted by atomic mass is 79.9. The SMILES string of the molecule is CCOC(=O)C1=C(C)N=c2s/c(=C/c3cc(Br)cc(OC)c3OCC#N)c(=O)n2[C@H]1c1ccc(OC(C)C)c(OC)c1. The van der Waals surface area contributed by atoms with Gasteiger partial charge in [0.25, 0.3) is 5.56 Å². The first kappa shape index (κ1) is 30.9. The van der Waals surface area contributed by atoms with Crippen molar-refractivity contribution in [3.63, 3.8) is 0 Å². The number of thiazole rings is 1. The van der Waals surface area contributed by atoms with E-state index in [2.05, 4.69) is 20.9 Å². The van der Waals surface area contributed by atoms with Crippen LogP contribution in [0.3, 0.4) is 0 Å². The molecule has 0 radical (unpaired) electrons. The van der Waals surface area contributed by atoms with Crippen molar-refractivity contribution in [2.24, 2.45) is 4.99 Å². The predicted octanol–water partition coefficient (Wildman–Crippen LogP) is 4.27. The molecule has 3 aromatic rings. The molecule has 1 aromatic heterocycles. The number of halogens is 1. The number of benzene rings is 2. The van der Waals surface area contributed by atoms with Crippen LogP contribution < -0.4 is 33.8 Å². The van der Waals surface area contributed by atoms with Crippen molar-refractivity contribution >= 4 is 39.3 Å². The summed E-state index contributed by atoms with van der Waals surface area (Å²) in [5.41, 5.74) is 1.46. The lowest BCUT2D eigenvalue weighted by atomic mass is 9.95. The fraction of sp³-hybridized carbons (Fsp3) is 0.333. The Labute approximate surface area is 255 Å². The zero-order valence-electron chi connectivity index (χ0n) is 24.0. The van der Waals surface area contributed by atoms with Gasteiger partial charge in [-0.15, -0.1) is 0 Å². The molecule has 1 aliphatic heterocycles. The van der Waals surface area contributed by atoms with Gasteiger partial charge in [-0.2, -0.15) is 5.26 Å². The van der Waals surface area contributed by atoms with E-state index in [9.17, 15) is 9.59 Å². The molecule has 0 saturated carbocycles. The number of carbonyl (C=O) groups excluding carboxylic acids is 1. The van der Waals surface area contributed by atoms with E-state index < -0.39 is 12.0 Å².